The maximum atomic E-state index is 13.3. The number of benzene rings is 1. The van der Waals surface area contributed by atoms with E-state index in [1.165, 1.54) is 19.2 Å². The van der Waals surface area contributed by atoms with Crippen LogP contribution in [-0.4, -0.2) is 29.9 Å². The van der Waals surface area contributed by atoms with Crippen LogP contribution in [0.2, 0.25) is 0 Å². The number of hydrogen-bond acceptors (Lipinski definition) is 4. The van der Waals surface area contributed by atoms with Crippen LogP contribution in [-0.2, 0) is 0 Å². The molecule has 0 unspecified atom stereocenters. The first-order valence-electron chi connectivity index (χ1n) is 4.64. The number of hydrogen-bond donors (Lipinski definition) is 3. The lowest BCUT2D eigenvalue weighted by Gasteiger charge is -2.24. The highest BCUT2D eigenvalue weighted by Crippen LogP contribution is 2.42. The first kappa shape index (κ1) is 17.4. The van der Waals surface area contributed by atoms with E-state index in [1.807, 2.05) is 0 Å². The van der Waals surface area contributed by atoms with Crippen LogP contribution in [0.3, 0.4) is 0 Å². The summed E-state index contributed by atoms with van der Waals surface area (Å²) in [5.74, 6) is -3.97. The molecule has 18 heavy (non-hydrogen) atoms. The summed E-state index contributed by atoms with van der Waals surface area (Å²) >= 11 is 3.02. The van der Waals surface area contributed by atoms with Gasteiger partial charge >= 0.3 is 0 Å². The highest BCUT2D eigenvalue weighted by Gasteiger charge is 2.40. The van der Waals surface area contributed by atoms with Crippen molar-refractivity contribution >= 4 is 28.3 Å². The number of aliphatic hydroxyl groups excluding tert-OH is 1. The molecule has 0 amide bonds. The molecule has 0 aliphatic heterocycles. The Morgan fingerprint density at radius 2 is 2.06 bits per heavy atom. The van der Waals surface area contributed by atoms with E-state index in [-0.39, 0.29) is 28.2 Å². The summed E-state index contributed by atoms with van der Waals surface area (Å²) in [5.41, 5.74) is 5.15. The molecule has 0 bridgehead atoms. The number of nitrogens with two attached hydrogens (primary N) is 1. The van der Waals surface area contributed by atoms with Gasteiger partial charge in [0.25, 0.3) is 5.92 Å². The summed E-state index contributed by atoms with van der Waals surface area (Å²) in [5, 5.41) is 18.3. The van der Waals surface area contributed by atoms with E-state index in [1.54, 1.807) is 0 Å². The van der Waals surface area contributed by atoms with Gasteiger partial charge in [-0.05, 0) is 12.1 Å². The lowest BCUT2D eigenvalue weighted by Crippen LogP contribution is -2.36. The summed E-state index contributed by atoms with van der Waals surface area (Å²) in [6.45, 7) is -1.41. The average Bonchev–Trinajstić information content (AvgIpc) is 2.29. The zero-order valence-electron chi connectivity index (χ0n) is 9.36. The second kappa shape index (κ2) is 6.51. The van der Waals surface area contributed by atoms with Crippen molar-refractivity contribution in [3.63, 3.8) is 0 Å². The maximum absolute atomic E-state index is 13.3. The molecule has 0 aliphatic carbocycles. The molecular formula is C10H13BrClF2NO3. The van der Waals surface area contributed by atoms with Crippen LogP contribution in [0.25, 0.3) is 0 Å². The zero-order valence-corrected chi connectivity index (χ0v) is 11.8. The quantitative estimate of drug-likeness (QED) is 0.780. The molecule has 0 fully saturated rings. The molecule has 4 nitrogen and oxygen atoms in total. The van der Waals surface area contributed by atoms with Crippen LogP contribution < -0.4 is 10.5 Å². The Morgan fingerprint density at radius 3 is 2.50 bits per heavy atom. The van der Waals surface area contributed by atoms with Crippen LogP contribution in [0, 0.1) is 0 Å². The third-order valence-corrected chi connectivity index (χ3v) is 3.02. The predicted molar refractivity (Wildman–Crippen MR) is 68.6 cm³/mol. The number of phenolic OH excluding ortho intramolecular Hbond substituents is 1. The van der Waals surface area contributed by atoms with Crippen LogP contribution in [0.1, 0.15) is 11.6 Å². The third-order valence-electron chi connectivity index (χ3n) is 2.32. The number of rotatable bonds is 4. The van der Waals surface area contributed by atoms with Gasteiger partial charge in [-0.2, -0.15) is 0 Å². The van der Waals surface area contributed by atoms with Crippen molar-refractivity contribution in [1.29, 1.82) is 0 Å². The summed E-state index contributed by atoms with van der Waals surface area (Å²) in [6, 6.07) is 1.01. The molecule has 1 rings (SSSR count). The number of methoxy groups -OCH3 is 1. The minimum absolute atomic E-state index is 0. The summed E-state index contributed by atoms with van der Waals surface area (Å²) in [6.07, 6.45) is 0. The molecule has 1 aromatic carbocycles. The Labute approximate surface area is 117 Å². The molecule has 0 heterocycles. The van der Waals surface area contributed by atoms with Crippen LogP contribution >= 0.6 is 28.3 Å². The normalized spacial score (nSPS) is 12.8. The second-order valence-electron chi connectivity index (χ2n) is 3.41. The molecule has 104 valence electrons. The van der Waals surface area contributed by atoms with Crippen molar-refractivity contribution in [2.45, 2.75) is 12.0 Å². The molecule has 4 N–H and O–H groups in total. The first-order valence-corrected chi connectivity index (χ1v) is 5.44. The van der Waals surface area contributed by atoms with Crippen molar-refractivity contribution in [2.75, 3.05) is 13.7 Å². The Balaban J connectivity index is 0.00000289. The SMILES string of the molecule is COc1ccc(Br)c([C@H](N)C(F)(F)CO)c1O.Cl. The Hall–Kier alpha value is -0.630. The van der Waals surface area contributed by atoms with Gasteiger partial charge in [-0.25, -0.2) is 8.78 Å². The van der Waals surface area contributed by atoms with Gasteiger partial charge in [-0.3, -0.25) is 0 Å². The summed E-state index contributed by atoms with van der Waals surface area (Å²) < 4.78 is 31.6. The molecule has 0 radical (unpaired) electrons. The molecule has 0 saturated heterocycles. The van der Waals surface area contributed by atoms with Crippen molar-refractivity contribution in [1.82, 2.24) is 0 Å². The smallest absolute Gasteiger partial charge is 0.289 e. The third kappa shape index (κ3) is 3.23. The zero-order chi connectivity index (χ0) is 13.2. The van der Waals surface area contributed by atoms with Gasteiger partial charge < -0.3 is 20.7 Å². The molecule has 0 aliphatic rings. The topological polar surface area (TPSA) is 75.7 Å². The second-order valence-corrected chi connectivity index (χ2v) is 4.26. The minimum Gasteiger partial charge on any atom is -0.504 e. The van der Waals surface area contributed by atoms with Gasteiger partial charge in [0, 0.05) is 10.0 Å². The van der Waals surface area contributed by atoms with E-state index in [4.69, 9.17) is 15.6 Å². The Morgan fingerprint density at radius 1 is 1.50 bits per heavy atom. The Bertz CT molecular complexity index is 420. The van der Waals surface area contributed by atoms with Gasteiger partial charge in [0.2, 0.25) is 0 Å². The predicted octanol–water partition coefficient (Wildman–Crippen LogP) is 2.21. The van der Waals surface area contributed by atoms with Gasteiger partial charge in [0.15, 0.2) is 11.5 Å². The van der Waals surface area contributed by atoms with E-state index >= 15 is 0 Å². The lowest BCUT2D eigenvalue weighted by molar-refractivity contribution is -0.0717. The molecule has 8 heteroatoms. The molecule has 1 atom stereocenters. The van der Waals surface area contributed by atoms with Crippen molar-refractivity contribution < 1.29 is 23.7 Å². The fourth-order valence-corrected chi connectivity index (χ4v) is 1.90. The fraction of sp³-hybridized carbons (Fsp3) is 0.400. The molecular weight excluding hydrogens is 335 g/mol. The van der Waals surface area contributed by atoms with E-state index in [2.05, 4.69) is 15.9 Å². The van der Waals surface area contributed by atoms with Gasteiger partial charge in [-0.15, -0.1) is 12.4 Å². The number of ether oxygens (including phenoxy) is 1. The number of alkyl halides is 2. The van der Waals surface area contributed by atoms with E-state index in [0.717, 1.165) is 0 Å². The molecule has 1 aromatic rings. The van der Waals surface area contributed by atoms with Crippen LogP contribution in [0.5, 0.6) is 11.5 Å². The van der Waals surface area contributed by atoms with E-state index in [9.17, 15) is 13.9 Å². The Kier molecular flexibility index (Phi) is 6.28. The molecule has 0 aromatic heterocycles. The van der Waals surface area contributed by atoms with Crippen molar-refractivity contribution in [3.8, 4) is 11.5 Å². The molecule has 0 spiro atoms. The summed E-state index contributed by atoms with van der Waals surface area (Å²) in [4.78, 5) is 0. The van der Waals surface area contributed by atoms with Gasteiger partial charge in [0.05, 0.1) is 7.11 Å². The van der Waals surface area contributed by atoms with Gasteiger partial charge in [-0.1, -0.05) is 15.9 Å². The monoisotopic (exact) mass is 347 g/mol. The fourth-order valence-electron chi connectivity index (χ4n) is 1.33. The van der Waals surface area contributed by atoms with Crippen LogP contribution in [0.15, 0.2) is 16.6 Å². The average molecular weight is 349 g/mol. The maximum Gasteiger partial charge on any atom is 0.289 e. The minimum atomic E-state index is -3.54. The largest absolute Gasteiger partial charge is 0.504 e. The van der Waals surface area contributed by atoms with E-state index < -0.39 is 24.3 Å². The van der Waals surface area contributed by atoms with Crippen molar-refractivity contribution in [3.05, 3.63) is 22.2 Å². The standard InChI is InChI=1S/C10H12BrF2NO3.ClH/c1-17-6-3-2-5(11)7(8(6)16)9(14)10(12,13)4-15;/h2-3,9,15-16H,4,14H2,1H3;1H/t9-;/m0./s1. The van der Waals surface area contributed by atoms with Crippen LogP contribution in [0.4, 0.5) is 8.78 Å². The summed E-state index contributed by atoms with van der Waals surface area (Å²) in [7, 11) is 1.29. The number of aliphatic hydroxyl groups is 1. The van der Waals surface area contributed by atoms with Gasteiger partial charge in [0.1, 0.15) is 12.6 Å². The lowest BCUT2D eigenvalue weighted by atomic mass is 10.0. The number of aromatic hydroxyl groups is 1. The number of phenols is 1. The molecule has 0 saturated carbocycles. The highest BCUT2D eigenvalue weighted by molar-refractivity contribution is 9.10. The number of halogens is 4. The van der Waals surface area contributed by atoms with Crippen molar-refractivity contribution in [2.24, 2.45) is 5.73 Å². The first-order chi connectivity index (χ1) is 7.85. The van der Waals surface area contributed by atoms with E-state index in [0.29, 0.717) is 0 Å². The highest BCUT2D eigenvalue weighted by atomic mass is 79.9.